The van der Waals surface area contributed by atoms with Gasteiger partial charge in [0.15, 0.2) is 5.78 Å². The van der Waals surface area contributed by atoms with Crippen molar-refractivity contribution in [3.05, 3.63) is 31.3 Å². The lowest BCUT2D eigenvalue weighted by Gasteiger charge is -2.04. The average Bonchev–Trinajstić information content (AvgIpc) is 2.10. The molecule has 13 heavy (non-hydrogen) atoms. The molecule has 0 heterocycles. The van der Waals surface area contributed by atoms with Gasteiger partial charge in [-0.25, -0.2) is 0 Å². The summed E-state index contributed by atoms with van der Waals surface area (Å²) in [4.78, 5) is 11.4. The molecule has 0 aliphatic carbocycles. The Hall–Kier alpha value is 0.580. The van der Waals surface area contributed by atoms with Crippen LogP contribution in [-0.4, -0.2) is 11.1 Å². The highest BCUT2D eigenvalue weighted by Crippen LogP contribution is 2.23. The molecule has 0 N–H and O–H groups in total. The fraction of sp³-hybridized carbons (Fsp3) is 0.222. The van der Waals surface area contributed by atoms with Crippen molar-refractivity contribution < 1.29 is 4.79 Å². The smallest absolute Gasteiger partial charge is 0.174 e. The quantitative estimate of drug-likeness (QED) is 0.405. The van der Waals surface area contributed by atoms with Crippen LogP contribution in [0.25, 0.3) is 0 Å². The van der Waals surface area contributed by atoms with Crippen LogP contribution in [0.1, 0.15) is 15.9 Å². The van der Waals surface area contributed by atoms with Crippen molar-refractivity contribution in [1.29, 1.82) is 0 Å². The van der Waals surface area contributed by atoms with Crippen LogP contribution in [0.15, 0.2) is 16.6 Å². The summed E-state index contributed by atoms with van der Waals surface area (Å²) >= 11 is 8.76. The molecule has 0 aliphatic heterocycles. The Bertz CT molecular complexity index is 350. The van der Waals surface area contributed by atoms with Gasteiger partial charge >= 0.3 is 0 Å². The molecule has 0 aromatic heterocycles. The van der Waals surface area contributed by atoms with Crippen LogP contribution in [0.5, 0.6) is 0 Å². The first-order valence-electron chi connectivity index (χ1n) is 3.61. The van der Waals surface area contributed by atoms with Gasteiger partial charge < -0.3 is 0 Å². The molecule has 0 spiro atoms. The summed E-state index contributed by atoms with van der Waals surface area (Å²) in [6.45, 7) is 1.98. The number of hydrogen-bond acceptors (Lipinski definition) is 1. The number of rotatable bonds is 2. The van der Waals surface area contributed by atoms with Gasteiger partial charge in [0.05, 0.1) is 5.33 Å². The molecule has 0 aliphatic rings. The van der Waals surface area contributed by atoms with Gasteiger partial charge in [0, 0.05) is 13.6 Å². The number of carbonyl (C=O) groups excluding carboxylic acids is 1. The van der Waals surface area contributed by atoms with E-state index < -0.39 is 0 Å². The lowest BCUT2D eigenvalue weighted by atomic mass is 10.1. The largest absolute Gasteiger partial charge is 0.293 e. The fourth-order valence-corrected chi connectivity index (χ4v) is 2.78. The molecule has 1 aromatic carbocycles. The van der Waals surface area contributed by atoms with E-state index in [2.05, 4.69) is 54.5 Å². The van der Waals surface area contributed by atoms with Gasteiger partial charge in [-0.05, 0) is 47.2 Å². The van der Waals surface area contributed by atoms with Gasteiger partial charge in [-0.15, -0.1) is 0 Å². The predicted octanol–water partition coefficient (Wildman–Crippen LogP) is 3.94. The molecule has 0 fully saturated rings. The van der Waals surface area contributed by atoms with E-state index in [1.54, 1.807) is 0 Å². The summed E-state index contributed by atoms with van der Waals surface area (Å²) in [5.41, 5.74) is 1.88. The highest BCUT2D eigenvalue weighted by molar-refractivity contribution is 14.1. The normalized spacial score (nSPS) is 10.2. The summed E-state index contributed by atoms with van der Waals surface area (Å²) in [5, 5.41) is 0.379. The predicted molar refractivity (Wildman–Crippen MR) is 69.7 cm³/mol. The maximum absolute atomic E-state index is 11.4. The Morgan fingerprint density at radius 3 is 2.69 bits per heavy atom. The fourth-order valence-electron chi connectivity index (χ4n) is 0.943. The van der Waals surface area contributed by atoms with Crippen LogP contribution in [0.3, 0.4) is 0 Å². The average molecular weight is 418 g/mol. The molecule has 0 unspecified atom stereocenters. The first-order valence-corrected chi connectivity index (χ1v) is 6.60. The molecule has 1 aromatic rings. The molecule has 4 heteroatoms. The van der Waals surface area contributed by atoms with Crippen molar-refractivity contribution in [1.82, 2.24) is 0 Å². The Kier molecular flexibility index (Phi) is 4.38. The molecule has 0 saturated heterocycles. The lowest BCUT2D eigenvalue weighted by Crippen LogP contribution is -2.03. The van der Waals surface area contributed by atoms with Crippen molar-refractivity contribution >= 4 is 60.2 Å². The number of benzene rings is 1. The van der Waals surface area contributed by atoms with E-state index in [-0.39, 0.29) is 5.78 Å². The number of alkyl halides is 1. The van der Waals surface area contributed by atoms with Gasteiger partial charge in [0.1, 0.15) is 0 Å². The molecule has 70 valence electrons. The molecule has 1 rings (SSSR count). The van der Waals surface area contributed by atoms with E-state index in [0.717, 1.165) is 19.2 Å². The minimum Gasteiger partial charge on any atom is -0.293 e. The Balaban J connectivity index is 3.23. The molecule has 0 bridgehead atoms. The zero-order chi connectivity index (χ0) is 10.0. The minimum absolute atomic E-state index is 0.125. The van der Waals surface area contributed by atoms with Gasteiger partial charge in [0.25, 0.3) is 0 Å². The second-order valence-electron chi connectivity index (χ2n) is 2.64. The number of carbonyl (C=O) groups is 1. The van der Waals surface area contributed by atoms with E-state index in [9.17, 15) is 4.79 Å². The second kappa shape index (κ2) is 4.89. The first kappa shape index (κ1) is 11.7. The summed E-state index contributed by atoms with van der Waals surface area (Å²) in [6, 6.07) is 3.88. The molecule has 0 amide bonds. The Morgan fingerprint density at radius 1 is 1.54 bits per heavy atom. The van der Waals surface area contributed by atoms with Gasteiger partial charge in [-0.2, -0.15) is 0 Å². The third-order valence-electron chi connectivity index (χ3n) is 1.67. The Morgan fingerprint density at radius 2 is 2.15 bits per heavy atom. The van der Waals surface area contributed by atoms with Crippen LogP contribution < -0.4 is 0 Å². The molecular weight excluding hydrogens is 411 g/mol. The van der Waals surface area contributed by atoms with Crippen molar-refractivity contribution in [3.63, 3.8) is 0 Å². The number of Topliss-reactive ketones (excluding diaryl/α,β-unsaturated/α-hetero) is 1. The van der Waals surface area contributed by atoms with Crippen molar-refractivity contribution in [2.24, 2.45) is 0 Å². The summed E-state index contributed by atoms with van der Waals surface area (Å²) in [7, 11) is 0. The number of aryl methyl sites for hydroxylation is 1. The topological polar surface area (TPSA) is 17.1 Å². The first-order chi connectivity index (χ1) is 6.06. The number of halogens is 3. The Labute approximate surface area is 108 Å². The van der Waals surface area contributed by atoms with Crippen molar-refractivity contribution in [2.75, 3.05) is 5.33 Å². The molecule has 0 radical (unpaired) electrons. The summed E-state index contributed by atoms with van der Waals surface area (Å²) < 4.78 is 2.03. The summed E-state index contributed by atoms with van der Waals surface area (Å²) in [6.07, 6.45) is 0. The van der Waals surface area contributed by atoms with Crippen molar-refractivity contribution in [2.45, 2.75) is 6.92 Å². The van der Waals surface area contributed by atoms with Gasteiger partial charge in [-0.1, -0.05) is 31.9 Å². The van der Waals surface area contributed by atoms with E-state index in [4.69, 9.17) is 0 Å². The van der Waals surface area contributed by atoms with E-state index in [0.29, 0.717) is 5.33 Å². The third-order valence-corrected chi connectivity index (χ3v) is 3.93. The van der Waals surface area contributed by atoms with Crippen LogP contribution in [0.2, 0.25) is 0 Å². The van der Waals surface area contributed by atoms with E-state index in [1.165, 1.54) is 0 Å². The second-order valence-corrected chi connectivity index (χ2v) is 5.22. The van der Waals surface area contributed by atoms with Crippen LogP contribution in [-0.2, 0) is 0 Å². The zero-order valence-corrected chi connectivity index (χ0v) is 12.2. The van der Waals surface area contributed by atoms with E-state index >= 15 is 0 Å². The summed E-state index contributed by atoms with van der Waals surface area (Å²) in [5.74, 6) is 0.125. The van der Waals surface area contributed by atoms with Crippen LogP contribution in [0, 0.1) is 10.5 Å². The standard InChI is InChI=1S/C9H7Br2IO/c1-5-2-6(9(13)4-10)8(12)3-7(5)11/h2-3H,4H2,1H3. The highest BCUT2D eigenvalue weighted by Gasteiger charge is 2.10. The van der Waals surface area contributed by atoms with Crippen LogP contribution in [0.4, 0.5) is 0 Å². The number of hydrogen-bond donors (Lipinski definition) is 0. The zero-order valence-electron chi connectivity index (χ0n) is 6.90. The maximum atomic E-state index is 11.4. The molecule has 0 saturated carbocycles. The third kappa shape index (κ3) is 2.76. The van der Waals surface area contributed by atoms with E-state index in [1.807, 2.05) is 19.1 Å². The molecular formula is C9H7Br2IO. The SMILES string of the molecule is Cc1cc(C(=O)CBr)c(I)cc1Br. The monoisotopic (exact) mass is 416 g/mol. The van der Waals surface area contributed by atoms with Crippen molar-refractivity contribution in [3.8, 4) is 0 Å². The minimum atomic E-state index is 0.125. The van der Waals surface area contributed by atoms with Gasteiger partial charge in [0.2, 0.25) is 0 Å². The lowest BCUT2D eigenvalue weighted by molar-refractivity contribution is 0.102. The highest BCUT2D eigenvalue weighted by atomic mass is 127. The molecule has 0 atom stereocenters. The molecule has 1 nitrogen and oxygen atoms in total. The maximum Gasteiger partial charge on any atom is 0.174 e. The number of ketones is 1. The van der Waals surface area contributed by atoms with Gasteiger partial charge in [-0.3, -0.25) is 4.79 Å². The van der Waals surface area contributed by atoms with Crippen LogP contribution >= 0.6 is 54.5 Å².